The first kappa shape index (κ1) is 40.9. The molecule has 0 radical (unpaired) electrons. The Labute approximate surface area is 402 Å². The van der Waals surface area contributed by atoms with Gasteiger partial charge in [-0.05, 0) is 131 Å². The van der Waals surface area contributed by atoms with Crippen LogP contribution in [-0.4, -0.2) is 13.1 Å². The van der Waals surface area contributed by atoms with Crippen LogP contribution in [0.5, 0.6) is 0 Å². The lowest BCUT2D eigenvalue weighted by Crippen LogP contribution is -2.40. The molecule has 4 heteroatoms. The van der Waals surface area contributed by atoms with Crippen LogP contribution in [-0.2, 0) is 10.8 Å². The van der Waals surface area contributed by atoms with Crippen molar-refractivity contribution >= 4 is 28.3 Å². The Kier molecular flexibility index (Phi) is 9.09. The van der Waals surface area contributed by atoms with Gasteiger partial charge in [0.15, 0.2) is 0 Å². The molecule has 0 aromatic heterocycles. The first-order chi connectivity index (χ1) is 33.2. The third-order valence-electron chi connectivity index (χ3n) is 16.4. The maximum Gasteiger partial charge on any atom is 0.114 e. The fraction of sp³-hybridized carbons (Fsp3) is 0.219. The summed E-state index contributed by atoms with van der Waals surface area (Å²) < 4.78 is 0. The molecular formula is C64H58N4. The summed E-state index contributed by atoms with van der Waals surface area (Å²) in [5, 5.41) is 7.80. The van der Waals surface area contributed by atoms with Crippen LogP contribution in [0.15, 0.2) is 222 Å². The predicted molar refractivity (Wildman–Crippen MR) is 283 cm³/mol. The van der Waals surface area contributed by atoms with Gasteiger partial charge in [0.05, 0.1) is 11.1 Å². The van der Waals surface area contributed by atoms with Crippen molar-refractivity contribution in [3.63, 3.8) is 0 Å². The average Bonchev–Trinajstić information content (AvgIpc) is 3.92. The van der Waals surface area contributed by atoms with Crippen LogP contribution in [0.2, 0.25) is 0 Å². The highest BCUT2D eigenvalue weighted by molar-refractivity contribution is 6.03. The average molecular weight is 883 g/mol. The van der Waals surface area contributed by atoms with E-state index in [2.05, 4.69) is 244 Å². The Morgan fingerprint density at radius 2 is 1.16 bits per heavy atom. The number of benzene rings is 5. The molecule has 0 bridgehead atoms. The van der Waals surface area contributed by atoms with E-state index < -0.39 is 5.41 Å². The normalized spacial score (nSPS) is 24.9. The maximum absolute atomic E-state index is 3.96. The SMILES string of the molecule is CC1=CC(C)=C(N(c2ccccc2)c2ccc3c(c2)C(C)(C)c2c-3cc(N(C3=C(C)C=C(C)CN3)c3ccccc3)c3c2C2(C4=C3C=CC3C=CC=CC43)c3ccccc3C3C=CC=CC32)NC1. The zero-order chi connectivity index (χ0) is 46.1. The highest BCUT2D eigenvalue weighted by Crippen LogP contribution is 2.72. The van der Waals surface area contributed by atoms with Crippen LogP contribution >= 0.6 is 0 Å². The molecule has 2 aliphatic heterocycles. The van der Waals surface area contributed by atoms with E-state index in [-0.39, 0.29) is 29.1 Å². The van der Waals surface area contributed by atoms with E-state index in [4.69, 9.17) is 0 Å². The topological polar surface area (TPSA) is 30.5 Å². The lowest BCUT2D eigenvalue weighted by atomic mass is 9.57. The molecule has 2 heterocycles. The summed E-state index contributed by atoms with van der Waals surface area (Å²) in [6.07, 6.45) is 28.9. The molecule has 1 spiro atoms. The van der Waals surface area contributed by atoms with E-state index in [1.54, 1.807) is 5.57 Å². The highest BCUT2D eigenvalue weighted by atomic mass is 15.3. The molecule has 8 aliphatic rings. The number of anilines is 4. The quantitative estimate of drug-likeness (QED) is 0.178. The van der Waals surface area contributed by atoms with Gasteiger partial charge in [0.1, 0.15) is 11.6 Å². The fourth-order valence-electron chi connectivity index (χ4n) is 13.8. The minimum atomic E-state index is -0.435. The second-order valence-electron chi connectivity index (χ2n) is 20.8. The monoisotopic (exact) mass is 882 g/mol. The molecular weight excluding hydrogens is 825 g/mol. The number of nitrogens with zero attached hydrogens (tertiary/aromatic N) is 2. The Hall–Kier alpha value is -7.30. The zero-order valence-electron chi connectivity index (χ0n) is 39.9. The molecule has 5 atom stereocenters. The maximum atomic E-state index is 3.96. The summed E-state index contributed by atoms with van der Waals surface area (Å²) in [5.74, 6) is 3.19. The van der Waals surface area contributed by atoms with E-state index in [9.17, 15) is 0 Å². The summed E-state index contributed by atoms with van der Waals surface area (Å²) in [6.45, 7) is 15.6. The first-order valence-corrected chi connectivity index (χ1v) is 24.7. The standard InChI is InChI=1S/C64H58N4/c1-39-33-41(3)61(65-37-39)67(44-20-9-7-10-21-44)46-30-32-50-52-36-56(68(45-22-11-8-12-23-45)62-42(4)34-40(2)38-66-62)57-51-31-29-43-19-13-14-24-47(43)58(51)64(60(57)59(52)63(5,6)55(50)35-46)53-27-17-15-25-48(53)49-26-16-18-28-54(49)64/h7-36,43,47-48,53,65-66H,37-38H2,1-6H3. The van der Waals surface area contributed by atoms with Crippen LogP contribution in [0.4, 0.5) is 22.7 Å². The van der Waals surface area contributed by atoms with Gasteiger partial charge in [-0.25, -0.2) is 0 Å². The molecule has 2 N–H and O–H groups in total. The fourth-order valence-corrected chi connectivity index (χ4v) is 13.8. The van der Waals surface area contributed by atoms with Gasteiger partial charge >= 0.3 is 0 Å². The van der Waals surface area contributed by atoms with Gasteiger partial charge in [0.25, 0.3) is 0 Å². The molecule has 0 saturated carbocycles. The van der Waals surface area contributed by atoms with Gasteiger partial charge in [-0.2, -0.15) is 0 Å². The van der Waals surface area contributed by atoms with Crippen molar-refractivity contribution in [2.75, 3.05) is 22.9 Å². The molecule has 68 heavy (non-hydrogen) atoms. The van der Waals surface area contributed by atoms with E-state index in [0.29, 0.717) is 0 Å². The highest BCUT2D eigenvalue weighted by Gasteiger charge is 2.63. The number of nitrogens with one attached hydrogen (secondary N) is 2. The van der Waals surface area contributed by atoms with Crippen LogP contribution in [0.25, 0.3) is 16.7 Å². The van der Waals surface area contributed by atoms with E-state index in [0.717, 1.165) is 41.8 Å². The van der Waals surface area contributed by atoms with Crippen molar-refractivity contribution in [2.24, 2.45) is 17.8 Å². The summed E-state index contributed by atoms with van der Waals surface area (Å²) in [4.78, 5) is 5.01. The zero-order valence-corrected chi connectivity index (χ0v) is 39.9. The molecule has 6 aliphatic carbocycles. The second kappa shape index (κ2) is 15.1. The lowest BCUT2D eigenvalue weighted by Gasteiger charge is -2.44. The molecule has 0 fully saturated rings. The molecule has 0 amide bonds. The molecule has 4 nitrogen and oxygen atoms in total. The van der Waals surface area contributed by atoms with Gasteiger partial charge < -0.3 is 10.6 Å². The Morgan fingerprint density at radius 1 is 0.544 bits per heavy atom. The summed E-state index contributed by atoms with van der Waals surface area (Å²) in [5.41, 5.74) is 23.2. The Balaban J connectivity index is 1.16. The molecule has 334 valence electrons. The predicted octanol–water partition coefficient (Wildman–Crippen LogP) is 14.7. The number of hydrogen-bond donors (Lipinski definition) is 2. The number of hydrogen-bond acceptors (Lipinski definition) is 4. The van der Waals surface area contributed by atoms with Crippen molar-refractivity contribution < 1.29 is 0 Å². The van der Waals surface area contributed by atoms with Gasteiger partial charge in [-0.1, -0.05) is 165 Å². The first-order valence-electron chi connectivity index (χ1n) is 24.7. The number of para-hydroxylation sites is 2. The van der Waals surface area contributed by atoms with Crippen LogP contribution < -0.4 is 20.4 Å². The van der Waals surface area contributed by atoms with E-state index in [1.807, 2.05) is 0 Å². The van der Waals surface area contributed by atoms with E-state index >= 15 is 0 Å². The number of rotatable bonds is 6. The van der Waals surface area contributed by atoms with Gasteiger partial charge in [-0.3, -0.25) is 9.80 Å². The third kappa shape index (κ3) is 5.67. The number of dihydropyridines is 2. The number of fused-ring (bicyclic) bond motifs is 15. The largest absolute Gasteiger partial charge is 0.367 e. The van der Waals surface area contributed by atoms with E-state index in [1.165, 1.54) is 78.1 Å². The minimum absolute atomic E-state index is 0.193. The molecule has 0 saturated heterocycles. The van der Waals surface area contributed by atoms with Crippen molar-refractivity contribution in [1.82, 2.24) is 10.6 Å². The van der Waals surface area contributed by atoms with Crippen LogP contribution in [0.1, 0.15) is 80.8 Å². The number of allylic oxidation sites excluding steroid dienone is 16. The lowest BCUT2D eigenvalue weighted by molar-refractivity contribution is 0.407. The van der Waals surface area contributed by atoms with Crippen molar-refractivity contribution in [3.05, 3.63) is 255 Å². The minimum Gasteiger partial charge on any atom is -0.367 e. The summed E-state index contributed by atoms with van der Waals surface area (Å²) in [7, 11) is 0. The smallest absolute Gasteiger partial charge is 0.114 e. The molecule has 5 aromatic rings. The Morgan fingerprint density at radius 3 is 1.87 bits per heavy atom. The molecule has 5 unspecified atom stereocenters. The van der Waals surface area contributed by atoms with Gasteiger partial charge in [-0.15, -0.1) is 0 Å². The van der Waals surface area contributed by atoms with Crippen molar-refractivity contribution in [2.45, 2.75) is 58.3 Å². The molecule has 5 aromatic carbocycles. The van der Waals surface area contributed by atoms with Gasteiger partial charge in [0.2, 0.25) is 0 Å². The molecule has 13 rings (SSSR count). The van der Waals surface area contributed by atoms with Crippen LogP contribution in [0, 0.1) is 17.8 Å². The summed E-state index contributed by atoms with van der Waals surface area (Å²) in [6, 6.07) is 41.4. The van der Waals surface area contributed by atoms with Gasteiger partial charge in [0, 0.05) is 64.8 Å². The third-order valence-corrected chi connectivity index (χ3v) is 16.4. The van der Waals surface area contributed by atoms with Crippen molar-refractivity contribution in [1.29, 1.82) is 0 Å². The Bertz CT molecular complexity index is 3320. The summed E-state index contributed by atoms with van der Waals surface area (Å²) >= 11 is 0. The van der Waals surface area contributed by atoms with Crippen LogP contribution in [0.3, 0.4) is 0 Å². The van der Waals surface area contributed by atoms with Crippen molar-refractivity contribution in [3.8, 4) is 11.1 Å². The second-order valence-corrected chi connectivity index (χ2v) is 20.8.